The molecule has 1 heterocycles. The molecule has 0 bridgehead atoms. The first-order valence-electron chi connectivity index (χ1n) is 7.82. The summed E-state index contributed by atoms with van der Waals surface area (Å²) in [4.78, 5) is 4.45. The molecule has 0 unspecified atom stereocenters. The molecule has 4 heteroatoms. The van der Waals surface area contributed by atoms with Gasteiger partial charge in [-0.15, -0.1) is 0 Å². The Morgan fingerprint density at radius 3 is 2.30 bits per heavy atom. The fourth-order valence-electron chi connectivity index (χ4n) is 2.40. The van der Waals surface area contributed by atoms with E-state index in [9.17, 15) is 0 Å². The van der Waals surface area contributed by atoms with Gasteiger partial charge in [-0.05, 0) is 55.0 Å². The standard InChI is InChI=1S/C19H19ClN2O/c1-2-3-4-19-21-13-14-22(19)16-7-11-18(12-8-16)23-17-9-5-15(20)6-10-17/h5-14H,2-4H2,1H3. The van der Waals surface area contributed by atoms with Crippen LogP contribution >= 0.6 is 11.6 Å². The SMILES string of the molecule is CCCCc1nccn1-c1ccc(Oc2ccc(Cl)cc2)cc1. The second-order valence-electron chi connectivity index (χ2n) is 5.37. The normalized spacial score (nSPS) is 10.7. The van der Waals surface area contributed by atoms with Gasteiger partial charge in [-0.2, -0.15) is 0 Å². The van der Waals surface area contributed by atoms with E-state index in [4.69, 9.17) is 16.3 Å². The summed E-state index contributed by atoms with van der Waals surface area (Å²) in [7, 11) is 0. The van der Waals surface area contributed by atoms with Crippen molar-refractivity contribution in [2.75, 3.05) is 0 Å². The summed E-state index contributed by atoms with van der Waals surface area (Å²) >= 11 is 5.88. The third-order valence-electron chi connectivity index (χ3n) is 3.64. The van der Waals surface area contributed by atoms with Crippen LogP contribution in [0.2, 0.25) is 5.02 Å². The molecule has 0 aliphatic heterocycles. The van der Waals surface area contributed by atoms with Crippen LogP contribution in [0.1, 0.15) is 25.6 Å². The summed E-state index contributed by atoms with van der Waals surface area (Å²) in [6.45, 7) is 2.19. The highest BCUT2D eigenvalue weighted by Gasteiger charge is 2.05. The molecule has 0 amide bonds. The van der Waals surface area contributed by atoms with E-state index in [0.29, 0.717) is 5.02 Å². The van der Waals surface area contributed by atoms with Crippen LogP contribution in [-0.2, 0) is 6.42 Å². The van der Waals surface area contributed by atoms with Crippen LogP contribution in [0.4, 0.5) is 0 Å². The number of nitrogens with zero attached hydrogens (tertiary/aromatic N) is 2. The van der Waals surface area contributed by atoms with Crippen molar-refractivity contribution in [3.8, 4) is 17.2 Å². The van der Waals surface area contributed by atoms with Gasteiger partial charge in [0.2, 0.25) is 0 Å². The molecule has 0 fully saturated rings. The molecule has 0 saturated carbocycles. The maximum atomic E-state index is 5.88. The molecular formula is C19H19ClN2O. The third kappa shape index (κ3) is 3.93. The first kappa shape index (κ1) is 15.6. The lowest BCUT2D eigenvalue weighted by Gasteiger charge is -2.10. The summed E-state index contributed by atoms with van der Waals surface area (Å²) in [6, 6.07) is 15.4. The summed E-state index contributed by atoms with van der Waals surface area (Å²) in [5.41, 5.74) is 1.09. The van der Waals surface area contributed by atoms with Gasteiger partial charge in [0.05, 0.1) is 0 Å². The molecule has 0 saturated heterocycles. The van der Waals surface area contributed by atoms with Gasteiger partial charge < -0.3 is 9.30 Å². The molecule has 0 N–H and O–H groups in total. The van der Waals surface area contributed by atoms with Crippen LogP contribution in [0, 0.1) is 0 Å². The smallest absolute Gasteiger partial charge is 0.127 e. The van der Waals surface area contributed by atoms with Crippen molar-refractivity contribution >= 4 is 11.6 Å². The zero-order valence-electron chi connectivity index (χ0n) is 13.1. The fraction of sp³-hybridized carbons (Fsp3) is 0.211. The Morgan fingerprint density at radius 2 is 1.65 bits per heavy atom. The molecule has 3 rings (SSSR count). The van der Waals surface area contributed by atoms with E-state index in [2.05, 4.69) is 16.5 Å². The van der Waals surface area contributed by atoms with Crippen molar-refractivity contribution in [1.29, 1.82) is 0 Å². The van der Waals surface area contributed by atoms with Gasteiger partial charge in [0.15, 0.2) is 0 Å². The van der Waals surface area contributed by atoms with E-state index in [0.717, 1.165) is 35.9 Å². The zero-order valence-corrected chi connectivity index (χ0v) is 13.8. The number of halogens is 1. The van der Waals surface area contributed by atoms with Gasteiger partial charge in [0.1, 0.15) is 17.3 Å². The van der Waals surface area contributed by atoms with Crippen molar-refractivity contribution in [3.63, 3.8) is 0 Å². The Hall–Kier alpha value is -2.26. The molecule has 0 aliphatic carbocycles. The number of imidazole rings is 1. The lowest BCUT2D eigenvalue weighted by Crippen LogP contribution is -2.00. The average Bonchev–Trinajstić information content (AvgIpc) is 3.04. The van der Waals surface area contributed by atoms with E-state index in [1.165, 1.54) is 6.42 Å². The Morgan fingerprint density at radius 1 is 1.00 bits per heavy atom. The molecule has 3 aromatic rings. The van der Waals surface area contributed by atoms with E-state index >= 15 is 0 Å². The van der Waals surface area contributed by atoms with Gasteiger partial charge in [-0.25, -0.2) is 4.98 Å². The Balaban J connectivity index is 1.74. The van der Waals surface area contributed by atoms with Crippen molar-refractivity contribution in [2.45, 2.75) is 26.2 Å². The Bertz CT molecular complexity index is 748. The lowest BCUT2D eigenvalue weighted by atomic mass is 10.2. The predicted octanol–water partition coefficient (Wildman–Crippen LogP) is 5.66. The lowest BCUT2D eigenvalue weighted by molar-refractivity contribution is 0.482. The second kappa shape index (κ2) is 7.34. The number of aromatic nitrogens is 2. The predicted molar refractivity (Wildman–Crippen MR) is 93.7 cm³/mol. The molecule has 0 atom stereocenters. The van der Waals surface area contributed by atoms with Crippen molar-refractivity contribution in [3.05, 3.63) is 71.8 Å². The van der Waals surface area contributed by atoms with E-state index < -0.39 is 0 Å². The van der Waals surface area contributed by atoms with Gasteiger partial charge in [-0.3, -0.25) is 0 Å². The number of benzene rings is 2. The van der Waals surface area contributed by atoms with Crippen LogP contribution < -0.4 is 4.74 Å². The zero-order chi connectivity index (χ0) is 16.1. The first-order valence-corrected chi connectivity index (χ1v) is 8.20. The number of aryl methyl sites for hydroxylation is 1. The number of ether oxygens (including phenoxy) is 1. The minimum absolute atomic E-state index is 0.701. The van der Waals surface area contributed by atoms with Crippen molar-refractivity contribution in [2.24, 2.45) is 0 Å². The molecule has 2 aromatic carbocycles. The number of rotatable bonds is 6. The maximum absolute atomic E-state index is 5.88. The molecule has 0 aliphatic rings. The van der Waals surface area contributed by atoms with Crippen LogP contribution in [0.5, 0.6) is 11.5 Å². The third-order valence-corrected chi connectivity index (χ3v) is 3.89. The highest BCUT2D eigenvalue weighted by molar-refractivity contribution is 6.30. The monoisotopic (exact) mass is 326 g/mol. The van der Waals surface area contributed by atoms with Crippen LogP contribution in [0.3, 0.4) is 0 Å². The number of unbranched alkanes of at least 4 members (excludes halogenated alkanes) is 1. The van der Waals surface area contributed by atoms with Crippen LogP contribution in [0.25, 0.3) is 5.69 Å². The average molecular weight is 327 g/mol. The number of hydrogen-bond acceptors (Lipinski definition) is 2. The van der Waals surface area contributed by atoms with Crippen molar-refractivity contribution < 1.29 is 4.74 Å². The molecule has 1 aromatic heterocycles. The van der Waals surface area contributed by atoms with E-state index in [-0.39, 0.29) is 0 Å². The van der Waals surface area contributed by atoms with Gasteiger partial charge in [0.25, 0.3) is 0 Å². The molecule has 0 spiro atoms. The Kier molecular flexibility index (Phi) is 4.99. The van der Waals surface area contributed by atoms with Gasteiger partial charge in [-0.1, -0.05) is 24.9 Å². The summed E-state index contributed by atoms with van der Waals surface area (Å²) in [6.07, 6.45) is 7.16. The molecule has 0 radical (unpaired) electrons. The first-order chi connectivity index (χ1) is 11.3. The molecule has 23 heavy (non-hydrogen) atoms. The number of hydrogen-bond donors (Lipinski definition) is 0. The topological polar surface area (TPSA) is 27.1 Å². The van der Waals surface area contributed by atoms with Crippen LogP contribution in [0.15, 0.2) is 60.9 Å². The van der Waals surface area contributed by atoms with Crippen molar-refractivity contribution in [1.82, 2.24) is 9.55 Å². The second-order valence-corrected chi connectivity index (χ2v) is 5.80. The minimum Gasteiger partial charge on any atom is -0.457 e. The largest absolute Gasteiger partial charge is 0.457 e. The summed E-state index contributed by atoms with van der Waals surface area (Å²) < 4.78 is 7.94. The van der Waals surface area contributed by atoms with Gasteiger partial charge >= 0.3 is 0 Å². The highest BCUT2D eigenvalue weighted by Crippen LogP contribution is 2.24. The highest BCUT2D eigenvalue weighted by atomic mass is 35.5. The molecular weight excluding hydrogens is 308 g/mol. The summed E-state index contributed by atoms with van der Waals surface area (Å²) in [5.74, 6) is 2.66. The van der Waals surface area contributed by atoms with Gasteiger partial charge in [0, 0.05) is 29.5 Å². The van der Waals surface area contributed by atoms with Crippen LogP contribution in [-0.4, -0.2) is 9.55 Å². The fourth-order valence-corrected chi connectivity index (χ4v) is 2.53. The van der Waals surface area contributed by atoms with E-state index in [1.54, 1.807) is 0 Å². The summed E-state index contributed by atoms with van der Waals surface area (Å²) in [5, 5.41) is 0.701. The van der Waals surface area contributed by atoms with E-state index in [1.807, 2.05) is 60.9 Å². The quantitative estimate of drug-likeness (QED) is 0.584. The molecule has 118 valence electrons. The molecule has 3 nitrogen and oxygen atoms in total. The Labute approximate surface area is 141 Å². The maximum Gasteiger partial charge on any atom is 0.127 e. The minimum atomic E-state index is 0.701.